The summed E-state index contributed by atoms with van der Waals surface area (Å²) in [6, 6.07) is 22.8. The first-order chi connectivity index (χ1) is 15.8. The third kappa shape index (κ3) is 5.80. The summed E-state index contributed by atoms with van der Waals surface area (Å²) < 4.78 is 30.9. The van der Waals surface area contributed by atoms with Crippen LogP contribution in [0, 0.1) is 0 Å². The molecule has 0 aromatic heterocycles. The van der Waals surface area contributed by atoms with E-state index in [1.54, 1.807) is 54.6 Å². The van der Waals surface area contributed by atoms with Crippen LogP contribution >= 0.6 is 0 Å². The van der Waals surface area contributed by atoms with E-state index in [2.05, 4.69) is 24.1 Å². The summed E-state index contributed by atoms with van der Waals surface area (Å²) in [5.41, 5.74) is 2.90. The van der Waals surface area contributed by atoms with Gasteiger partial charge in [0.25, 0.3) is 5.91 Å². The number of benzene rings is 3. The maximum Gasteiger partial charge on any atom is 0.255 e. The van der Waals surface area contributed by atoms with Crippen LogP contribution in [0.2, 0.25) is 0 Å². The summed E-state index contributed by atoms with van der Waals surface area (Å²) >= 11 is 0. The molecule has 3 aromatic rings. The quantitative estimate of drug-likeness (QED) is 0.580. The number of carbonyl (C=O) groups excluding carboxylic acids is 1. The van der Waals surface area contributed by atoms with Crippen molar-refractivity contribution in [3.63, 3.8) is 0 Å². The lowest BCUT2D eigenvalue weighted by Gasteiger charge is -2.36. The zero-order chi connectivity index (χ0) is 23.4. The second-order valence-electron chi connectivity index (χ2n) is 8.43. The smallest absolute Gasteiger partial charge is 0.255 e. The Hall–Kier alpha value is -3.16. The van der Waals surface area contributed by atoms with E-state index in [1.807, 2.05) is 24.3 Å². The highest BCUT2D eigenvalue weighted by molar-refractivity contribution is 7.90. The number of amides is 1. The van der Waals surface area contributed by atoms with Gasteiger partial charge in [0.1, 0.15) is 0 Å². The number of hydrogen-bond donors (Lipinski definition) is 1. The van der Waals surface area contributed by atoms with E-state index < -0.39 is 9.84 Å². The highest BCUT2D eigenvalue weighted by atomic mass is 32.2. The van der Waals surface area contributed by atoms with Crippen molar-refractivity contribution in [2.75, 3.05) is 23.3 Å². The first kappa shape index (κ1) is 23.0. The van der Waals surface area contributed by atoms with Crippen molar-refractivity contribution in [2.45, 2.75) is 36.7 Å². The highest BCUT2D eigenvalue weighted by Crippen LogP contribution is 2.23. The van der Waals surface area contributed by atoms with Crippen LogP contribution in [0.15, 0.2) is 83.8 Å². The van der Waals surface area contributed by atoms with Crippen molar-refractivity contribution >= 4 is 27.1 Å². The molecule has 3 aromatic carbocycles. The first-order valence-corrected chi connectivity index (χ1v) is 12.6. The van der Waals surface area contributed by atoms with Gasteiger partial charge >= 0.3 is 0 Å². The van der Waals surface area contributed by atoms with E-state index in [4.69, 9.17) is 4.74 Å². The molecule has 2 unspecified atom stereocenters. The monoisotopic (exact) mass is 464 g/mol. The SMILES string of the molecule is CC1CN(c2ccc(NC(=O)c3ccc(CS(=O)(=O)c4ccccc4)cc3)cc2)CC(C)O1. The Morgan fingerprint density at radius 3 is 2.12 bits per heavy atom. The number of carbonyl (C=O) groups is 1. The number of nitrogens with one attached hydrogen (secondary N) is 1. The summed E-state index contributed by atoms with van der Waals surface area (Å²) in [6.45, 7) is 5.81. The van der Waals surface area contributed by atoms with E-state index in [0.717, 1.165) is 18.8 Å². The van der Waals surface area contributed by atoms with Crippen molar-refractivity contribution in [3.8, 4) is 0 Å². The van der Waals surface area contributed by atoms with Gasteiger partial charge in [-0.05, 0) is 67.9 Å². The highest BCUT2D eigenvalue weighted by Gasteiger charge is 2.22. The summed E-state index contributed by atoms with van der Waals surface area (Å²) in [5, 5.41) is 2.90. The van der Waals surface area contributed by atoms with Crippen LogP contribution in [0.1, 0.15) is 29.8 Å². The molecule has 0 saturated carbocycles. The van der Waals surface area contributed by atoms with Gasteiger partial charge in [0, 0.05) is 30.0 Å². The minimum absolute atomic E-state index is 0.112. The molecule has 1 saturated heterocycles. The van der Waals surface area contributed by atoms with Crippen LogP contribution in [-0.2, 0) is 20.3 Å². The van der Waals surface area contributed by atoms with E-state index in [0.29, 0.717) is 16.8 Å². The summed E-state index contributed by atoms with van der Waals surface area (Å²) in [7, 11) is -3.43. The number of nitrogens with zero attached hydrogens (tertiary/aromatic N) is 1. The molecule has 33 heavy (non-hydrogen) atoms. The largest absolute Gasteiger partial charge is 0.372 e. The predicted molar refractivity (Wildman–Crippen MR) is 130 cm³/mol. The summed E-state index contributed by atoms with van der Waals surface area (Å²) in [6.07, 6.45) is 0.359. The normalized spacial score (nSPS) is 18.7. The van der Waals surface area contributed by atoms with E-state index in [9.17, 15) is 13.2 Å². The van der Waals surface area contributed by atoms with Gasteiger partial charge in [0.15, 0.2) is 9.84 Å². The Morgan fingerprint density at radius 1 is 0.909 bits per heavy atom. The van der Waals surface area contributed by atoms with Crippen molar-refractivity contribution in [1.29, 1.82) is 0 Å². The maximum atomic E-state index is 12.6. The van der Waals surface area contributed by atoms with Crippen LogP contribution in [-0.4, -0.2) is 39.6 Å². The molecule has 1 aliphatic heterocycles. The van der Waals surface area contributed by atoms with Crippen LogP contribution in [0.25, 0.3) is 0 Å². The predicted octanol–water partition coefficient (Wildman–Crippen LogP) is 4.53. The fourth-order valence-corrected chi connectivity index (χ4v) is 5.40. The molecular weight excluding hydrogens is 436 g/mol. The number of hydrogen-bond acceptors (Lipinski definition) is 5. The molecule has 172 valence electrons. The molecule has 4 rings (SSSR count). The molecule has 6 nitrogen and oxygen atoms in total. The van der Waals surface area contributed by atoms with Crippen molar-refractivity contribution < 1.29 is 17.9 Å². The fraction of sp³-hybridized carbons (Fsp3) is 0.269. The second-order valence-corrected chi connectivity index (χ2v) is 10.4. The molecular formula is C26H28N2O4S. The van der Waals surface area contributed by atoms with Crippen molar-refractivity contribution in [1.82, 2.24) is 0 Å². The van der Waals surface area contributed by atoms with Crippen LogP contribution in [0.4, 0.5) is 11.4 Å². The lowest BCUT2D eigenvalue weighted by atomic mass is 10.1. The Labute approximate surface area is 195 Å². The van der Waals surface area contributed by atoms with Gasteiger partial charge < -0.3 is 15.0 Å². The fourth-order valence-electron chi connectivity index (χ4n) is 4.03. The third-order valence-corrected chi connectivity index (χ3v) is 7.29. The molecule has 0 bridgehead atoms. The maximum absolute atomic E-state index is 12.6. The Balaban J connectivity index is 1.38. The zero-order valence-electron chi connectivity index (χ0n) is 18.8. The molecule has 0 aliphatic carbocycles. The molecule has 1 amide bonds. The Bertz CT molecular complexity index is 1180. The summed E-state index contributed by atoms with van der Waals surface area (Å²) in [5.74, 6) is -0.354. The average Bonchev–Trinajstić information content (AvgIpc) is 2.80. The van der Waals surface area contributed by atoms with Crippen molar-refractivity contribution in [3.05, 3.63) is 90.0 Å². The molecule has 1 N–H and O–H groups in total. The molecule has 2 atom stereocenters. The van der Waals surface area contributed by atoms with Gasteiger partial charge in [-0.2, -0.15) is 0 Å². The molecule has 1 aliphatic rings. The first-order valence-electron chi connectivity index (χ1n) is 11.0. The number of ether oxygens (including phenoxy) is 1. The standard InChI is InChI=1S/C26H28N2O4S/c1-19-16-28(17-20(2)32-19)24-14-12-23(13-15-24)27-26(29)22-10-8-21(9-11-22)18-33(30,31)25-6-4-3-5-7-25/h3-15,19-20H,16-18H2,1-2H3,(H,27,29). The zero-order valence-corrected chi connectivity index (χ0v) is 19.6. The van der Waals surface area contributed by atoms with Gasteiger partial charge in [-0.1, -0.05) is 30.3 Å². The topological polar surface area (TPSA) is 75.7 Å². The number of rotatable bonds is 6. The van der Waals surface area contributed by atoms with Crippen LogP contribution in [0.5, 0.6) is 0 Å². The third-order valence-electron chi connectivity index (χ3n) is 5.59. The van der Waals surface area contributed by atoms with Gasteiger partial charge in [-0.25, -0.2) is 8.42 Å². The minimum Gasteiger partial charge on any atom is -0.372 e. The molecule has 1 heterocycles. The lowest BCUT2D eigenvalue weighted by Crippen LogP contribution is -2.45. The average molecular weight is 465 g/mol. The van der Waals surface area contributed by atoms with Crippen LogP contribution in [0.3, 0.4) is 0 Å². The second kappa shape index (κ2) is 9.77. The van der Waals surface area contributed by atoms with Crippen molar-refractivity contribution in [2.24, 2.45) is 0 Å². The van der Waals surface area contributed by atoms with Gasteiger partial charge in [0.2, 0.25) is 0 Å². The van der Waals surface area contributed by atoms with Gasteiger partial charge in [-0.15, -0.1) is 0 Å². The molecule has 1 fully saturated rings. The Morgan fingerprint density at radius 2 is 1.52 bits per heavy atom. The van der Waals surface area contributed by atoms with E-state index in [-0.39, 0.29) is 28.8 Å². The van der Waals surface area contributed by atoms with Crippen LogP contribution < -0.4 is 10.2 Å². The minimum atomic E-state index is -3.43. The van der Waals surface area contributed by atoms with Gasteiger partial charge in [-0.3, -0.25) is 4.79 Å². The molecule has 7 heteroatoms. The number of sulfone groups is 1. The van der Waals surface area contributed by atoms with E-state index >= 15 is 0 Å². The number of anilines is 2. The molecule has 0 radical (unpaired) electrons. The van der Waals surface area contributed by atoms with Gasteiger partial charge in [0.05, 0.1) is 22.9 Å². The van der Waals surface area contributed by atoms with E-state index in [1.165, 1.54) is 0 Å². The lowest BCUT2D eigenvalue weighted by molar-refractivity contribution is -0.00521. The number of morpholine rings is 1. The Kier molecular flexibility index (Phi) is 6.81. The molecule has 0 spiro atoms. The summed E-state index contributed by atoms with van der Waals surface area (Å²) in [4.78, 5) is 15.2.